The molecule has 0 aromatic carbocycles. The van der Waals surface area contributed by atoms with Gasteiger partial charge in [0.15, 0.2) is 0 Å². The van der Waals surface area contributed by atoms with Crippen LogP contribution >= 0.6 is 0 Å². The molecule has 0 saturated carbocycles. The Hall–Kier alpha value is -0.120. The third-order valence-corrected chi connectivity index (χ3v) is 4.38. The maximum Gasteiger partial charge on any atom is 0.0204 e. The lowest BCUT2D eigenvalue weighted by Crippen LogP contribution is -2.39. The van der Waals surface area contributed by atoms with Crippen LogP contribution in [0.2, 0.25) is 0 Å². The molecule has 3 nitrogen and oxygen atoms in total. The maximum atomic E-state index is 3.39. The first-order valence-electron chi connectivity index (χ1n) is 6.89. The second-order valence-corrected chi connectivity index (χ2v) is 5.49. The van der Waals surface area contributed by atoms with Crippen LogP contribution in [0.3, 0.4) is 0 Å². The molecule has 2 aliphatic heterocycles. The third kappa shape index (κ3) is 3.19. The van der Waals surface area contributed by atoms with Gasteiger partial charge in [-0.1, -0.05) is 6.42 Å². The van der Waals surface area contributed by atoms with Gasteiger partial charge < -0.3 is 15.1 Å². The van der Waals surface area contributed by atoms with Crippen molar-refractivity contribution < 1.29 is 0 Å². The molecule has 0 aromatic heterocycles. The number of likely N-dealkylation sites (N-methyl/N-ethyl adjacent to an activating group) is 1. The average Bonchev–Trinajstić information content (AvgIpc) is 2.76. The van der Waals surface area contributed by atoms with Crippen molar-refractivity contribution in [3.8, 4) is 0 Å². The Labute approximate surface area is 100 Å². The van der Waals surface area contributed by atoms with Gasteiger partial charge in [-0.3, -0.25) is 0 Å². The van der Waals surface area contributed by atoms with Crippen LogP contribution in [-0.2, 0) is 0 Å². The van der Waals surface area contributed by atoms with E-state index in [-0.39, 0.29) is 0 Å². The van der Waals surface area contributed by atoms with Crippen LogP contribution < -0.4 is 5.32 Å². The van der Waals surface area contributed by atoms with Gasteiger partial charge in [0.1, 0.15) is 0 Å². The Bertz CT molecular complexity index is 207. The lowest BCUT2D eigenvalue weighted by Gasteiger charge is -2.33. The molecular weight excluding hydrogens is 198 g/mol. The quantitative estimate of drug-likeness (QED) is 0.774. The summed E-state index contributed by atoms with van der Waals surface area (Å²) in [6.45, 7) is 5.16. The van der Waals surface area contributed by atoms with Gasteiger partial charge in [-0.15, -0.1) is 0 Å². The van der Waals surface area contributed by atoms with E-state index in [9.17, 15) is 0 Å². The largest absolute Gasteiger partial charge is 0.316 e. The van der Waals surface area contributed by atoms with Crippen molar-refractivity contribution in [2.45, 2.75) is 44.2 Å². The van der Waals surface area contributed by atoms with Gasteiger partial charge in [0.25, 0.3) is 0 Å². The second kappa shape index (κ2) is 5.99. The smallest absolute Gasteiger partial charge is 0.0204 e. The Morgan fingerprint density at radius 3 is 2.75 bits per heavy atom. The van der Waals surface area contributed by atoms with Crippen molar-refractivity contribution in [1.29, 1.82) is 0 Å². The van der Waals surface area contributed by atoms with E-state index in [2.05, 4.69) is 29.2 Å². The van der Waals surface area contributed by atoms with E-state index in [1.807, 2.05) is 0 Å². The third-order valence-electron chi connectivity index (χ3n) is 4.38. The fourth-order valence-corrected chi connectivity index (χ4v) is 3.11. The molecule has 1 N–H and O–H groups in total. The Kier molecular flexibility index (Phi) is 4.62. The number of piperidine rings is 1. The monoisotopic (exact) mass is 225 g/mol. The zero-order valence-electron chi connectivity index (χ0n) is 10.9. The van der Waals surface area contributed by atoms with E-state index in [0.717, 1.165) is 12.1 Å². The van der Waals surface area contributed by atoms with Gasteiger partial charge in [-0.2, -0.15) is 0 Å². The minimum Gasteiger partial charge on any atom is -0.316 e. The van der Waals surface area contributed by atoms with Gasteiger partial charge in [0, 0.05) is 18.6 Å². The number of nitrogens with one attached hydrogen (secondary N) is 1. The molecule has 0 amide bonds. The molecule has 16 heavy (non-hydrogen) atoms. The van der Waals surface area contributed by atoms with Crippen LogP contribution in [0.5, 0.6) is 0 Å². The standard InChI is InChI=1S/C13H27N3/c1-14-12-6-9-16(11-12)10-7-13-5-3-4-8-15(13)2/h12-14H,3-11H2,1-2H3. The number of likely N-dealkylation sites (tertiary alicyclic amines) is 2. The Balaban J connectivity index is 1.67. The van der Waals surface area contributed by atoms with Crippen LogP contribution in [0.25, 0.3) is 0 Å². The first kappa shape index (κ1) is 12.3. The summed E-state index contributed by atoms with van der Waals surface area (Å²) >= 11 is 0. The van der Waals surface area contributed by atoms with Gasteiger partial charge >= 0.3 is 0 Å². The SMILES string of the molecule is CNC1CCN(CCC2CCCCN2C)C1. The van der Waals surface area contributed by atoms with Crippen molar-refractivity contribution in [2.24, 2.45) is 0 Å². The van der Waals surface area contributed by atoms with Crippen molar-refractivity contribution >= 4 is 0 Å². The molecular formula is C13H27N3. The molecule has 0 spiro atoms. The zero-order chi connectivity index (χ0) is 11.4. The summed E-state index contributed by atoms with van der Waals surface area (Å²) in [5.74, 6) is 0. The molecule has 2 unspecified atom stereocenters. The van der Waals surface area contributed by atoms with Crippen molar-refractivity contribution in [1.82, 2.24) is 15.1 Å². The van der Waals surface area contributed by atoms with E-state index in [0.29, 0.717) is 0 Å². The van der Waals surface area contributed by atoms with Crippen molar-refractivity contribution in [3.05, 3.63) is 0 Å². The first-order chi connectivity index (χ1) is 7.79. The Morgan fingerprint density at radius 2 is 2.06 bits per heavy atom. The molecule has 3 heteroatoms. The molecule has 0 bridgehead atoms. The number of hydrogen-bond acceptors (Lipinski definition) is 3. The summed E-state index contributed by atoms with van der Waals surface area (Å²) in [5.41, 5.74) is 0. The molecule has 0 radical (unpaired) electrons. The van der Waals surface area contributed by atoms with Gasteiger partial charge in [-0.25, -0.2) is 0 Å². The summed E-state index contributed by atoms with van der Waals surface area (Å²) in [7, 11) is 4.38. The molecule has 2 rings (SSSR count). The van der Waals surface area contributed by atoms with Crippen LogP contribution in [-0.4, -0.2) is 62.2 Å². The topological polar surface area (TPSA) is 18.5 Å². The fraction of sp³-hybridized carbons (Fsp3) is 1.00. The molecule has 2 saturated heterocycles. The number of hydrogen-bond donors (Lipinski definition) is 1. The van der Waals surface area contributed by atoms with E-state index in [1.165, 1.54) is 58.3 Å². The summed E-state index contributed by atoms with van der Waals surface area (Å²) in [5, 5.41) is 3.39. The van der Waals surface area contributed by atoms with Crippen LogP contribution in [0.1, 0.15) is 32.1 Å². The molecule has 94 valence electrons. The molecule has 2 fully saturated rings. The minimum absolute atomic E-state index is 0.740. The average molecular weight is 225 g/mol. The highest BCUT2D eigenvalue weighted by Gasteiger charge is 2.23. The highest BCUT2D eigenvalue weighted by atomic mass is 15.2. The van der Waals surface area contributed by atoms with E-state index in [4.69, 9.17) is 0 Å². The Morgan fingerprint density at radius 1 is 1.19 bits per heavy atom. The fourth-order valence-electron chi connectivity index (χ4n) is 3.11. The molecule has 2 heterocycles. The van der Waals surface area contributed by atoms with Crippen LogP contribution in [0.4, 0.5) is 0 Å². The predicted octanol–water partition coefficient (Wildman–Crippen LogP) is 1.15. The van der Waals surface area contributed by atoms with Crippen LogP contribution in [0.15, 0.2) is 0 Å². The summed E-state index contributed by atoms with van der Waals surface area (Å²) < 4.78 is 0. The summed E-state index contributed by atoms with van der Waals surface area (Å²) in [4.78, 5) is 5.19. The molecule has 0 aromatic rings. The van der Waals surface area contributed by atoms with Gasteiger partial charge in [-0.05, 0) is 59.4 Å². The number of nitrogens with zero attached hydrogens (tertiary/aromatic N) is 2. The molecule has 0 aliphatic carbocycles. The highest BCUT2D eigenvalue weighted by molar-refractivity contribution is 4.82. The van der Waals surface area contributed by atoms with E-state index in [1.54, 1.807) is 0 Å². The summed E-state index contributed by atoms with van der Waals surface area (Å²) in [6, 6.07) is 1.59. The summed E-state index contributed by atoms with van der Waals surface area (Å²) in [6.07, 6.45) is 6.95. The van der Waals surface area contributed by atoms with Gasteiger partial charge in [0.05, 0.1) is 0 Å². The number of rotatable bonds is 4. The van der Waals surface area contributed by atoms with Crippen LogP contribution in [0, 0.1) is 0 Å². The second-order valence-electron chi connectivity index (χ2n) is 5.49. The van der Waals surface area contributed by atoms with Crippen molar-refractivity contribution in [2.75, 3.05) is 40.3 Å². The molecule has 2 atom stereocenters. The minimum atomic E-state index is 0.740. The van der Waals surface area contributed by atoms with Crippen molar-refractivity contribution in [3.63, 3.8) is 0 Å². The highest BCUT2D eigenvalue weighted by Crippen LogP contribution is 2.19. The zero-order valence-corrected chi connectivity index (χ0v) is 10.9. The normalized spacial score (nSPS) is 33.4. The van der Waals surface area contributed by atoms with Gasteiger partial charge in [0.2, 0.25) is 0 Å². The first-order valence-corrected chi connectivity index (χ1v) is 6.89. The lowest BCUT2D eigenvalue weighted by molar-refractivity contribution is 0.160. The van der Waals surface area contributed by atoms with E-state index < -0.39 is 0 Å². The maximum absolute atomic E-state index is 3.39. The predicted molar refractivity (Wildman–Crippen MR) is 68.8 cm³/mol. The lowest BCUT2D eigenvalue weighted by atomic mass is 10.00. The molecule has 2 aliphatic rings. The van der Waals surface area contributed by atoms with E-state index >= 15 is 0 Å².